The Morgan fingerprint density at radius 1 is 1.05 bits per heavy atom. The van der Waals surface area contributed by atoms with Gasteiger partial charge in [0.15, 0.2) is 11.5 Å². The van der Waals surface area contributed by atoms with E-state index in [0.29, 0.717) is 5.75 Å². The fraction of sp³-hybridized carbons (Fsp3) is 0.154. The van der Waals surface area contributed by atoms with Crippen molar-refractivity contribution in [1.29, 1.82) is 5.26 Å². The van der Waals surface area contributed by atoms with Crippen LogP contribution in [0.2, 0.25) is 0 Å². The van der Waals surface area contributed by atoms with E-state index in [1.54, 1.807) is 13.0 Å². The van der Waals surface area contributed by atoms with E-state index in [1.807, 2.05) is 0 Å². The van der Waals surface area contributed by atoms with Gasteiger partial charge in [-0.15, -0.1) is 0 Å². The van der Waals surface area contributed by atoms with E-state index in [2.05, 4.69) is 5.32 Å². The van der Waals surface area contributed by atoms with Crippen molar-refractivity contribution in [2.75, 3.05) is 19.0 Å². The van der Waals surface area contributed by atoms with Crippen LogP contribution in [0.3, 0.4) is 0 Å². The first kappa shape index (κ1) is 28.1. The predicted molar refractivity (Wildman–Crippen MR) is 132 cm³/mol. The number of hydrogen-bond acceptors (Lipinski definition) is 7. The summed E-state index contributed by atoms with van der Waals surface area (Å²) in [7, 11) is -2.79. The fourth-order valence-corrected chi connectivity index (χ4v) is 4.09. The smallest absolute Gasteiger partial charge is 0.416 e. The maximum Gasteiger partial charge on any atom is 0.416 e. The third kappa shape index (κ3) is 7.04. The lowest BCUT2D eigenvalue weighted by atomic mass is 10.1. The highest BCUT2D eigenvalue weighted by atomic mass is 32.2. The molecule has 3 aromatic carbocycles. The molecule has 0 aliphatic heterocycles. The van der Waals surface area contributed by atoms with E-state index in [0.717, 1.165) is 18.2 Å². The van der Waals surface area contributed by atoms with Crippen LogP contribution >= 0.6 is 0 Å². The van der Waals surface area contributed by atoms with Crippen LogP contribution < -0.4 is 19.0 Å². The lowest BCUT2D eigenvalue weighted by Crippen LogP contribution is -2.14. The summed E-state index contributed by atoms with van der Waals surface area (Å²) >= 11 is 0. The molecule has 0 saturated carbocycles. The monoisotopic (exact) mass is 546 g/mol. The average molecular weight is 547 g/mol. The minimum absolute atomic E-state index is 0.0221. The summed E-state index contributed by atoms with van der Waals surface area (Å²) in [6.45, 7) is 1.81. The highest BCUT2D eigenvalue weighted by Gasteiger charge is 2.30. The molecule has 0 heterocycles. The van der Waals surface area contributed by atoms with Crippen LogP contribution in [0.25, 0.3) is 6.08 Å². The van der Waals surface area contributed by atoms with Crippen molar-refractivity contribution in [2.45, 2.75) is 18.0 Å². The first-order valence-corrected chi connectivity index (χ1v) is 12.3. The number of nitriles is 1. The average Bonchev–Trinajstić information content (AvgIpc) is 2.88. The molecule has 0 aromatic heterocycles. The van der Waals surface area contributed by atoms with Crippen LogP contribution in [-0.2, 0) is 21.1 Å². The van der Waals surface area contributed by atoms with Crippen molar-refractivity contribution in [3.8, 4) is 23.3 Å². The van der Waals surface area contributed by atoms with Gasteiger partial charge in [0.25, 0.3) is 5.91 Å². The molecule has 8 nitrogen and oxygen atoms in total. The molecule has 0 aliphatic rings. The van der Waals surface area contributed by atoms with Crippen LogP contribution in [0, 0.1) is 11.3 Å². The van der Waals surface area contributed by atoms with Gasteiger partial charge in [-0.1, -0.05) is 12.1 Å². The van der Waals surface area contributed by atoms with Gasteiger partial charge in [0, 0.05) is 5.69 Å². The molecular weight excluding hydrogens is 525 g/mol. The molecule has 1 amide bonds. The summed E-state index contributed by atoms with van der Waals surface area (Å²) < 4.78 is 80.0. The van der Waals surface area contributed by atoms with E-state index >= 15 is 0 Å². The van der Waals surface area contributed by atoms with Crippen molar-refractivity contribution in [2.24, 2.45) is 0 Å². The zero-order valence-corrected chi connectivity index (χ0v) is 20.9. The topological polar surface area (TPSA) is 115 Å². The maximum absolute atomic E-state index is 12.9. The second-order valence-corrected chi connectivity index (χ2v) is 9.10. The van der Waals surface area contributed by atoms with Crippen molar-refractivity contribution < 1.29 is 40.0 Å². The number of methoxy groups -OCH3 is 1. The first-order valence-electron chi connectivity index (χ1n) is 10.9. The maximum atomic E-state index is 12.9. The molecule has 0 unspecified atom stereocenters. The van der Waals surface area contributed by atoms with Crippen LogP contribution in [0.1, 0.15) is 18.1 Å². The molecular formula is C26H21F3N2O6S. The van der Waals surface area contributed by atoms with Crippen LogP contribution in [0.15, 0.2) is 77.2 Å². The molecule has 0 saturated heterocycles. The number of hydrogen-bond donors (Lipinski definition) is 1. The summed E-state index contributed by atoms with van der Waals surface area (Å²) in [5.74, 6) is -0.590. The number of carbonyl (C=O) groups is 1. The number of ether oxygens (including phenoxy) is 2. The molecule has 0 aliphatic carbocycles. The Balaban J connectivity index is 1.86. The Kier molecular flexibility index (Phi) is 8.64. The molecule has 0 radical (unpaired) electrons. The Bertz CT molecular complexity index is 1490. The minimum Gasteiger partial charge on any atom is -0.497 e. The number of nitrogens with one attached hydrogen (secondary N) is 1. The third-order valence-corrected chi connectivity index (χ3v) is 6.19. The molecule has 3 aromatic rings. The van der Waals surface area contributed by atoms with E-state index < -0.39 is 33.3 Å². The third-order valence-electron chi connectivity index (χ3n) is 4.94. The molecule has 12 heteroatoms. The lowest BCUT2D eigenvalue weighted by Gasteiger charge is -2.13. The number of nitrogens with zero attached hydrogens (tertiary/aromatic N) is 1. The molecule has 3 rings (SSSR count). The largest absolute Gasteiger partial charge is 0.497 e. The van der Waals surface area contributed by atoms with Gasteiger partial charge < -0.3 is 19.0 Å². The van der Waals surface area contributed by atoms with Crippen molar-refractivity contribution >= 4 is 27.8 Å². The number of halogens is 3. The Labute approximate surface area is 217 Å². The van der Waals surface area contributed by atoms with Gasteiger partial charge in [-0.3, -0.25) is 4.79 Å². The van der Waals surface area contributed by atoms with Gasteiger partial charge in [0.05, 0.1) is 19.3 Å². The summed E-state index contributed by atoms with van der Waals surface area (Å²) in [6, 6.07) is 15.3. The summed E-state index contributed by atoms with van der Waals surface area (Å²) in [5.41, 5.74) is -1.24. The Morgan fingerprint density at radius 3 is 2.37 bits per heavy atom. The van der Waals surface area contributed by atoms with Crippen LogP contribution in [-0.4, -0.2) is 28.0 Å². The molecule has 0 fully saturated rings. The van der Waals surface area contributed by atoms with Crippen molar-refractivity contribution in [3.63, 3.8) is 0 Å². The number of carbonyl (C=O) groups excluding carboxylic acids is 1. The van der Waals surface area contributed by atoms with E-state index in [9.17, 15) is 31.6 Å². The van der Waals surface area contributed by atoms with Gasteiger partial charge >= 0.3 is 16.3 Å². The second kappa shape index (κ2) is 11.7. The summed E-state index contributed by atoms with van der Waals surface area (Å²) in [5, 5.41) is 11.7. The number of anilines is 1. The van der Waals surface area contributed by atoms with Crippen molar-refractivity contribution in [3.05, 3.63) is 83.4 Å². The standard InChI is InChI=1S/C26H21F3N2O6S/c1-3-36-24-14-17(7-12-23(24)37-38(33,34)22-10-8-21(35-2)9-11-22)13-18(16-30)25(32)31-20-6-4-5-19(15-20)26(27,28)29/h4-15H,3H2,1-2H3,(H,31,32)/b18-13+. The van der Waals surface area contributed by atoms with E-state index in [1.165, 1.54) is 61.7 Å². The normalized spacial score (nSPS) is 11.8. The zero-order chi connectivity index (χ0) is 27.9. The number of alkyl halides is 3. The van der Waals surface area contributed by atoms with Gasteiger partial charge in [-0.2, -0.15) is 26.9 Å². The van der Waals surface area contributed by atoms with E-state index in [4.69, 9.17) is 13.7 Å². The highest BCUT2D eigenvalue weighted by Crippen LogP contribution is 2.33. The van der Waals surface area contributed by atoms with Gasteiger partial charge in [0.2, 0.25) is 0 Å². The van der Waals surface area contributed by atoms with Crippen molar-refractivity contribution in [1.82, 2.24) is 0 Å². The first-order chi connectivity index (χ1) is 18.0. The SMILES string of the molecule is CCOc1cc(/C=C(\C#N)C(=O)Nc2cccc(C(F)(F)F)c2)ccc1OS(=O)(=O)c1ccc(OC)cc1. The number of benzene rings is 3. The fourth-order valence-electron chi connectivity index (χ4n) is 3.15. The summed E-state index contributed by atoms with van der Waals surface area (Å²) in [6.07, 6.45) is -3.43. The number of amides is 1. The molecule has 198 valence electrons. The molecule has 1 N–H and O–H groups in total. The molecule has 38 heavy (non-hydrogen) atoms. The Hall–Kier alpha value is -4.50. The minimum atomic E-state index is -4.60. The summed E-state index contributed by atoms with van der Waals surface area (Å²) in [4.78, 5) is 12.4. The molecule has 0 bridgehead atoms. The number of rotatable bonds is 9. The quantitative estimate of drug-likeness (QED) is 0.216. The van der Waals surface area contributed by atoms with Gasteiger partial charge in [0.1, 0.15) is 22.3 Å². The lowest BCUT2D eigenvalue weighted by molar-refractivity contribution is -0.137. The molecule has 0 atom stereocenters. The van der Waals surface area contributed by atoms with Gasteiger partial charge in [-0.25, -0.2) is 0 Å². The zero-order valence-electron chi connectivity index (χ0n) is 20.1. The Morgan fingerprint density at radius 2 is 1.76 bits per heavy atom. The second-order valence-electron chi connectivity index (χ2n) is 7.55. The van der Waals surface area contributed by atoms with E-state index in [-0.39, 0.29) is 34.3 Å². The van der Waals surface area contributed by atoms with Crippen LogP contribution in [0.5, 0.6) is 17.2 Å². The highest BCUT2D eigenvalue weighted by molar-refractivity contribution is 7.87. The molecule has 0 spiro atoms. The van der Waals surface area contributed by atoms with Gasteiger partial charge in [-0.05, 0) is 73.2 Å². The predicted octanol–water partition coefficient (Wildman–Crippen LogP) is 5.43. The van der Waals surface area contributed by atoms with Crippen LogP contribution in [0.4, 0.5) is 18.9 Å².